The van der Waals surface area contributed by atoms with Gasteiger partial charge < -0.3 is 19.5 Å². The molecule has 6 heteroatoms. The molecule has 2 rings (SSSR count). The zero-order chi connectivity index (χ0) is 16.5. The number of amides is 1. The van der Waals surface area contributed by atoms with E-state index in [1.807, 2.05) is 18.2 Å². The van der Waals surface area contributed by atoms with Crippen LogP contribution in [0.3, 0.4) is 0 Å². The van der Waals surface area contributed by atoms with Crippen molar-refractivity contribution in [2.24, 2.45) is 0 Å². The Balaban J connectivity index is 1.68. The Morgan fingerprint density at radius 2 is 1.96 bits per heavy atom. The van der Waals surface area contributed by atoms with Crippen molar-refractivity contribution >= 4 is 5.91 Å². The summed E-state index contributed by atoms with van der Waals surface area (Å²) in [6.07, 6.45) is 1.30. The number of hydrogen-bond acceptors (Lipinski definition) is 5. The maximum atomic E-state index is 11.9. The SMILES string of the molecule is COc1ccc(CCNC(=O)CCN2CCOCC2)cc1OC. The first-order chi connectivity index (χ1) is 11.2. The molecule has 1 heterocycles. The summed E-state index contributed by atoms with van der Waals surface area (Å²) in [6, 6.07) is 5.81. The van der Waals surface area contributed by atoms with Gasteiger partial charge in [0.15, 0.2) is 11.5 Å². The predicted octanol–water partition coefficient (Wildman–Crippen LogP) is 1.08. The van der Waals surface area contributed by atoms with Gasteiger partial charge in [-0.15, -0.1) is 0 Å². The number of carbonyl (C=O) groups is 1. The van der Waals surface area contributed by atoms with Crippen molar-refractivity contribution in [1.82, 2.24) is 10.2 Å². The Bertz CT molecular complexity index is 501. The van der Waals surface area contributed by atoms with Crippen molar-refractivity contribution in [2.75, 3.05) is 53.6 Å². The second-order valence-electron chi connectivity index (χ2n) is 5.49. The summed E-state index contributed by atoms with van der Waals surface area (Å²) < 4.78 is 15.8. The molecular formula is C17H26N2O4. The van der Waals surface area contributed by atoms with Crippen LogP contribution in [-0.2, 0) is 16.0 Å². The summed E-state index contributed by atoms with van der Waals surface area (Å²) in [5, 5.41) is 2.97. The van der Waals surface area contributed by atoms with Crippen LogP contribution in [0.15, 0.2) is 18.2 Å². The van der Waals surface area contributed by atoms with Gasteiger partial charge in [-0.1, -0.05) is 6.07 Å². The molecule has 0 saturated carbocycles. The van der Waals surface area contributed by atoms with Gasteiger partial charge in [-0.05, 0) is 24.1 Å². The molecule has 1 aromatic rings. The van der Waals surface area contributed by atoms with Gasteiger partial charge in [0, 0.05) is 32.6 Å². The first-order valence-electron chi connectivity index (χ1n) is 8.00. The second kappa shape index (κ2) is 9.37. The second-order valence-corrected chi connectivity index (χ2v) is 5.49. The highest BCUT2D eigenvalue weighted by Crippen LogP contribution is 2.27. The number of methoxy groups -OCH3 is 2. The minimum absolute atomic E-state index is 0.0944. The van der Waals surface area contributed by atoms with E-state index in [1.165, 1.54) is 0 Å². The summed E-state index contributed by atoms with van der Waals surface area (Å²) in [7, 11) is 3.24. The predicted molar refractivity (Wildman–Crippen MR) is 88.1 cm³/mol. The van der Waals surface area contributed by atoms with E-state index in [0.29, 0.717) is 24.5 Å². The first-order valence-corrected chi connectivity index (χ1v) is 8.00. The Hall–Kier alpha value is -1.79. The van der Waals surface area contributed by atoms with Gasteiger partial charge in [-0.25, -0.2) is 0 Å². The lowest BCUT2D eigenvalue weighted by Crippen LogP contribution is -2.39. The Morgan fingerprint density at radius 3 is 2.65 bits per heavy atom. The van der Waals surface area contributed by atoms with E-state index in [0.717, 1.165) is 44.8 Å². The fraction of sp³-hybridized carbons (Fsp3) is 0.588. The fourth-order valence-corrected chi connectivity index (χ4v) is 2.56. The van der Waals surface area contributed by atoms with Gasteiger partial charge in [0.25, 0.3) is 0 Å². The van der Waals surface area contributed by atoms with E-state index < -0.39 is 0 Å². The summed E-state index contributed by atoms with van der Waals surface area (Å²) in [5.41, 5.74) is 1.11. The molecule has 0 unspecified atom stereocenters. The number of morpholine rings is 1. The van der Waals surface area contributed by atoms with Gasteiger partial charge >= 0.3 is 0 Å². The number of ether oxygens (including phenoxy) is 3. The van der Waals surface area contributed by atoms with Crippen LogP contribution in [0.4, 0.5) is 0 Å². The van der Waals surface area contributed by atoms with Gasteiger partial charge in [-0.2, -0.15) is 0 Å². The summed E-state index contributed by atoms with van der Waals surface area (Å²) in [4.78, 5) is 14.1. The molecule has 0 aromatic heterocycles. The summed E-state index contributed by atoms with van der Waals surface area (Å²) in [6.45, 7) is 4.78. The molecule has 1 amide bonds. The van der Waals surface area contributed by atoms with Gasteiger partial charge in [0.05, 0.1) is 27.4 Å². The normalized spacial score (nSPS) is 15.2. The summed E-state index contributed by atoms with van der Waals surface area (Å²) in [5.74, 6) is 1.52. The minimum Gasteiger partial charge on any atom is -0.493 e. The molecule has 1 aromatic carbocycles. The van der Waals surface area contributed by atoms with Crippen molar-refractivity contribution in [3.8, 4) is 11.5 Å². The van der Waals surface area contributed by atoms with E-state index in [2.05, 4.69) is 10.2 Å². The fourth-order valence-electron chi connectivity index (χ4n) is 2.56. The lowest BCUT2D eigenvalue weighted by atomic mass is 10.1. The molecule has 128 valence electrons. The molecule has 1 N–H and O–H groups in total. The number of benzene rings is 1. The molecule has 0 atom stereocenters. The van der Waals surface area contributed by atoms with Crippen molar-refractivity contribution in [3.05, 3.63) is 23.8 Å². The smallest absolute Gasteiger partial charge is 0.221 e. The zero-order valence-electron chi connectivity index (χ0n) is 14.0. The highest BCUT2D eigenvalue weighted by molar-refractivity contribution is 5.76. The maximum Gasteiger partial charge on any atom is 0.221 e. The van der Waals surface area contributed by atoms with E-state index in [-0.39, 0.29) is 5.91 Å². The molecule has 23 heavy (non-hydrogen) atoms. The molecule has 0 bridgehead atoms. The number of nitrogens with zero attached hydrogens (tertiary/aromatic N) is 1. The van der Waals surface area contributed by atoms with Crippen molar-refractivity contribution in [2.45, 2.75) is 12.8 Å². The molecule has 1 aliphatic rings. The number of carbonyl (C=O) groups excluding carboxylic acids is 1. The van der Waals surface area contributed by atoms with Crippen LogP contribution in [0.5, 0.6) is 11.5 Å². The Morgan fingerprint density at radius 1 is 1.22 bits per heavy atom. The van der Waals surface area contributed by atoms with E-state index in [9.17, 15) is 4.79 Å². The molecule has 0 aliphatic carbocycles. The number of rotatable bonds is 8. The molecule has 1 saturated heterocycles. The highest BCUT2D eigenvalue weighted by Gasteiger charge is 2.11. The highest BCUT2D eigenvalue weighted by atomic mass is 16.5. The maximum absolute atomic E-state index is 11.9. The molecular weight excluding hydrogens is 296 g/mol. The Labute approximate surface area is 137 Å². The largest absolute Gasteiger partial charge is 0.493 e. The lowest BCUT2D eigenvalue weighted by Gasteiger charge is -2.26. The van der Waals surface area contributed by atoms with Gasteiger partial charge in [-0.3, -0.25) is 9.69 Å². The van der Waals surface area contributed by atoms with Gasteiger partial charge in [0.1, 0.15) is 0 Å². The third-order valence-corrected chi connectivity index (χ3v) is 3.94. The van der Waals surface area contributed by atoms with Crippen molar-refractivity contribution < 1.29 is 19.0 Å². The monoisotopic (exact) mass is 322 g/mol. The van der Waals surface area contributed by atoms with Crippen LogP contribution in [0.2, 0.25) is 0 Å². The van der Waals surface area contributed by atoms with Crippen molar-refractivity contribution in [3.63, 3.8) is 0 Å². The Kier molecular flexibility index (Phi) is 7.16. The van der Waals surface area contributed by atoms with E-state index >= 15 is 0 Å². The standard InChI is InChI=1S/C17H26N2O4/c1-21-15-4-3-14(13-16(15)22-2)5-7-18-17(20)6-8-19-9-11-23-12-10-19/h3-4,13H,5-12H2,1-2H3,(H,18,20). The van der Waals surface area contributed by atoms with Crippen LogP contribution in [0.25, 0.3) is 0 Å². The quantitative estimate of drug-likeness (QED) is 0.776. The molecule has 1 aliphatic heterocycles. The topological polar surface area (TPSA) is 60.0 Å². The average molecular weight is 322 g/mol. The zero-order valence-corrected chi connectivity index (χ0v) is 14.0. The van der Waals surface area contributed by atoms with Crippen LogP contribution in [0.1, 0.15) is 12.0 Å². The van der Waals surface area contributed by atoms with Crippen LogP contribution in [0, 0.1) is 0 Å². The minimum atomic E-state index is 0.0944. The third kappa shape index (κ3) is 5.73. The molecule has 0 radical (unpaired) electrons. The summed E-state index contributed by atoms with van der Waals surface area (Å²) >= 11 is 0. The van der Waals surface area contributed by atoms with Crippen LogP contribution in [-0.4, -0.2) is 64.4 Å². The number of hydrogen-bond donors (Lipinski definition) is 1. The molecule has 0 spiro atoms. The van der Waals surface area contributed by atoms with E-state index in [4.69, 9.17) is 14.2 Å². The molecule has 6 nitrogen and oxygen atoms in total. The molecule has 1 fully saturated rings. The first kappa shape index (κ1) is 17.6. The van der Waals surface area contributed by atoms with Crippen molar-refractivity contribution in [1.29, 1.82) is 0 Å². The van der Waals surface area contributed by atoms with Crippen LogP contribution >= 0.6 is 0 Å². The van der Waals surface area contributed by atoms with Gasteiger partial charge in [0.2, 0.25) is 5.91 Å². The number of nitrogens with one attached hydrogen (secondary N) is 1. The van der Waals surface area contributed by atoms with E-state index in [1.54, 1.807) is 14.2 Å². The van der Waals surface area contributed by atoms with Crippen LogP contribution < -0.4 is 14.8 Å². The lowest BCUT2D eigenvalue weighted by molar-refractivity contribution is -0.121. The average Bonchev–Trinajstić information content (AvgIpc) is 2.60. The third-order valence-electron chi connectivity index (χ3n) is 3.94.